The SMILES string of the molecule is CN(C)CCNc1nc(-c2cccc(Cl)c2)c2c(N)n(-c3ccccc3Cl)nc2n1. The summed E-state index contributed by atoms with van der Waals surface area (Å²) in [4.78, 5) is 11.4. The maximum absolute atomic E-state index is 6.51. The van der Waals surface area contributed by atoms with Crippen molar-refractivity contribution in [2.24, 2.45) is 0 Å². The van der Waals surface area contributed by atoms with Gasteiger partial charge in [-0.05, 0) is 38.4 Å². The molecule has 4 rings (SSSR count). The van der Waals surface area contributed by atoms with Crippen molar-refractivity contribution in [1.82, 2.24) is 24.6 Å². The maximum Gasteiger partial charge on any atom is 0.225 e. The molecule has 2 aromatic heterocycles. The van der Waals surface area contributed by atoms with E-state index < -0.39 is 0 Å². The standard InChI is InChI=1S/C21H21Cl2N7/c1-29(2)11-10-25-21-26-18(13-6-5-7-14(22)12-13)17-19(24)30(28-20(17)27-21)16-9-4-3-8-15(16)23/h3-9,12H,10-11,24H2,1-2H3,(H,25,27,28). The molecule has 0 saturated carbocycles. The van der Waals surface area contributed by atoms with Crippen LogP contribution in [0.2, 0.25) is 10.0 Å². The van der Waals surface area contributed by atoms with E-state index >= 15 is 0 Å². The molecule has 4 aromatic rings. The zero-order chi connectivity index (χ0) is 21.3. The van der Waals surface area contributed by atoms with Crippen LogP contribution in [0.1, 0.15) is 0 Å². The minimum absolute atomic E-state index is 0.410. The lowest BCUT2D eigenvalue weighted by atomic mass is 10.1. The highest BCUT2D eigenvalue weighted by atomic mass is 35.5. The average Bonchev–Trinajstić information content (AvgIpc) is 3.04. The van der Waals surface area contributed by atoms with Gasteiger partial charge in [-0.3, -0.25) is 0 Å². The Labute approximate surface area is 184 Å². The molecule has 0 unspecified atom stereocenters. The second-order valence-electron chi connectivity index (χ2n) is 7.08. The number of hydrogen-bond donors (Lipinski definition) is 2. The number of likely N-dealkylation sites (N-methyl/N-ethyl adjacent to an activating group) is 1. The molecule has 0 aliphatic heterocycles. The van der Waals surface area contributed by atoms with Crippen LogP contribution in [0.5, 0.6) is 0 Å². The summed E-state index contributed by atoms with van der Waals surface area (Å²) < 4.78 is 1.60. The number of anilines is 2. The topological polar surface area (TPSA) is 84.9 Å². The van der Waals surface area contributed by atoms with E-state index in [0.29, 0.717) is 50.8 Å². The van der Waals surface area contributed by atoms with Crippen LogP contribution in [-0.4, -0.2) is 51.8 Å². The lowest BCUT2D eigenvalue weighted by Crippen LogP contribution is -2.21. The molecule has 0 saturated heterocycles. The van der Waals surface area contributed by atoms with Crippen molar-refractivity contribution >= 4 is 46.0 Å². The molecule has 2 aromatic carbocycles. The molecule has 0 aliphatic rings. The number of hydrogen-bond acceptors (Lipinski definition) is 6. The highest BCUT2D eigenvalue weighted by Gasteiger charge is 2.20. The summed E-state index contributed by atoms with van der Waals surface area (Å²) in [6.45, 7) is 1.53. The van der Waals surface area contributed by atoms with Crippen LogP contribution < -0.4 is 11.1 Å². The van der Waals surface area contributed by atoms with Crippen LogP contribution in [0.4, 0.5) is 11.8 Å². The molecule has 0 amide bonds. The van der Waals surface area contributed by atoms with E-state index in [1.54, 1.807) is 10.7 Å². The van der Waals surface area contributed by atoms with Gasteiger partial charge in [-0.1, -0.05) is 47.5 Å². The summed E-state index contributed by atoms with van der Waals surface area (Å²) in [6, 6.07) is 14.9. The number of para-hydroxylation sites is 1. The van der Waals surface area contributed by atoms with Crippen LogP contribution >= 0.6 is 23.2 Å². The normalized spacial score (nSPS) is 11.4. The first-order chi connectivity index (χ1) is 14.4. The average molecular weight is 442 g/mol. The molecular formula is C21H21Cl2N7. The Morgan fingerprint density at radius 1 is 1.07 bits per heavy atom. The fourth-order valence-electron chi connectivity index (χ4n) is 3.13. The van der Waals surface area contributed by atoms with Crippen molar-refractivity contribution in [3.8, 4) is 16.9 Å². The summed E-state index contributed by atoms with van der Waals surface area (Å²) in [7, 11) is 4.02. The molecule has 7 nitrogen and oxygen atoms in total. The molecular weight excluding hydrogens is 421 g/mol. The van der Waals surface area contributed by atoms with Gasteiger partial charge in [0, 0.05) is 23.7 Å². The minimum Gasteiger partial charge on any atom is -0.383 e. The highest BCUT2D eigenvalue weighted by Crippen LogP contribution is 2.34. The Bertz CT molecular complexity index is 1200. The second kappa shape index (κ2) is 8.47. The lowest BCUT2D eigenvalue weighted by molar-refractivity contribution is 0.425. The van der Waals surface area contributed by atoms with Crippen LogP contribution in [0, 0.1) is 0 Å². The minimum atomic E-state index is 0.410. The number of halogens is 2. The number of rotatable bonds is 6. The molecule has 154 valence electrons. The Morgan fingerprint density at radius 2 is 1.87 bits per heavy atom. The highest BCUT2D eigenvalue weighted by molar-refractivity contribution is 6.32. The smallest absolute Gasteiger partial charge is 0.225 e. The Balaban J connectivity index is 1.90. The van der Waals surface area contributed by atoms with Crippen molar-refractivity contribution in [3.05, 3.63) is 58.6 Å². The molecule has 30 heavy (non-hydrogen) atoms. The molecule has 0 spiro atoms. The quantitative estimate of drug-likeness (QED) is 0.462. The van der Waals surface area contributed by atoms with Gasteiger partial charge in [-0.15, -0.1) is 5.10 Å². The van der Waals surface area contributed by atoms with E-state index in [1.807, 2.05) is 56.6 Å². The Hall–Kier alpha value is -2.87. The van der Waals surface area contributed by atoms with Crippen molar-refractivity contribution in [1.29, 1.82) is 0 Å². The van der Waals surface area contributed by atoms with Gasteiger partial charge in [0.2, 0.25) is 5.95 Å². The second-order valence-corrected chi connectivity index (χ2v) is 7.93. The number of fused-ring (bicyclic) bond motifs is 1. The number of nitrogen functional groups attached to an aromatic ring is 1. The van der Waals surface area contributed by atoms with E-state index in [0.717, 1.165) is 12.1 Å². The van der Waals surface area contributed by atoms with Crippen molar-refractivity contribution in [2.75, 3.05) is 38.2 Å². The van der Waals surface area contributed by atoms with Gasteiger partial charge in [-0.25, -0.2) is 9.67 Å². The number of aromatic nitrogens is 4. The van der Waals surface area contributed by atoms with E-state index in [2.05, 4.69) is 20.3 Å². The van der Waals surface area contributed by atoms with Crippen molar-refractivity contribution in [3.63, 3.8) is 0 Å². The van der Waals surface area contributed by atoms with Crippen LogP contribution in [0.3, 0.4) is 0 Å². The largest absolute Gasteiger partial charge is 0.383 e. The Kier molecular flexibility index (Phi) is 5.76. The molecule has 0 fully saturated rings. The molecule has 0 bridgehead atoms. The lowest BCUT2D eigenvalue weighted by Gasteiger charge is -2.11. The van der Waals surface area contributed by atoms with Gasteiger partial charge in [-0.2, -0.15) is 4.98 Å². The third-order valence-electron chi connectivity index (χ3n) is 4.59. The fraction of sp³-hybridized carbons (Fsp3) is 0.190. The predicted octanol–water partition coefficient (Wildman–Crippen LogP) is 4.35. The van der Waals surface area contributed by atoms with E-state index in [1.165, 1.54) is 0 Å². The number of benzene rings is 2. The van der Waals surface area contributed by atoms with E-state index in [9.17, 15) is 0 Å². The van der Waals surface area contributed by atoms with Gasteiger partial charge in [0.05, 0.1) is 21.8 Å². The van der Waals surface area contributed by atoms with Gasteiger partial charge >= 0.3 is 0 Å². The van der Waals surface area contributed by atoms with Crippen molar-refractivity contribution < 1.29 is 0 Å². The van der Waals surface area contributed by atoms with Crippen LogP contribution in [0.15, 0.2) is 48.5 Å². The fourth-order valence-corrected chi connectivity index (χ4v) is 3.54. The first-order valence-corrected chi connectivity index (χ1v) is 10.2. The molecule has 0 aliphatic carbocycles. The molecule has 0 atom stereocenters. The molecule has 0 radical (unpaired) electrons. The van der Waals surface area contributed by atoms with Gasteiger partial charge in [0.25, 0.3) is 0 Å². The number of nitrogens with one attached hydrogen (secondary N) is 1. The zero-order valence-electron chi connectivity index (χ0n) is 16.6. The predicted molar refractivity (Wildman–Crippen MR) is 124 cm³/mol. The van der Waals surface area contributed by atoms with Gasteiger partial charge in [0.1, 0.15) is 5.82 Å². The first-order valence-electron chi connectivity index (χ1n) is 9.39. The van der Waals surface area contributed by atoms with Crippen molar-refractivity contribution in [2.45, 2.75) is 0 Å². The summed E-state index contributed by atoms with van der Waals surface area (Å²) >= 11 is 12.6. The third-order valence-corrected chi connectivity index (χ3v) is 5.14. The maximum atomic E-state index is 6.51. The summed E-state index contributed by atoms with van der Waals surface area (Å²) in [5.41, 5.74) is 9.15. The van der Waals surface area contributed by atoms with Crippen LogP contribution in [0.25, 0.3) is 28.0 Å². The van der Waals surface area contributed by atoms with Gasteiger partial charge < -0.3 is 16.0 Å². The molecule has 9 heteroatoms. The monoisotopic (exact) mass is 441 g/mol. The summed E-state index contributed by atoms with van der Waals surface area (Å²) in [5, 5.41) is 9.69. The van der Waals surface area contributed by atoms with Crippen LogP contribution in [-0.2, 0) is 0 Å². The first kappa shape index (κ1) is 20.4. The zero-order valence-corrected chi connectivity index (χ0v) is 18.1. The molecule has 2 heterocycles. The van der Waals surface area contributed by atoms with E-state index in [-0.39, 0.29) is 0 Å². The summed E-state index contributed by atoms with van der Waals surface area (Å²) in [6.07, 6.45) is 0. The van der Waals surface area contributed by atoms with E-state index in [4.69, 9.17) is 33.9 Å². The molecule has 3 N–H and O–H groups in total. The van der Waals surface area contributed by atoms with Gasteiger partial charge in [0.15, 0.2) is 5.65 Å². The summed E-state index contributed by atoms with van der Waals surface area (Å²) in [5.74, 6) is 0.885. The number of nitrogens with two attached hydrogens (primary N) is 1. The number of nitrogens with zero attached hydrogens (tertiary/aromatic N) is 5. The Morgan fingerprint density at radius 3 is 2.60 bits per heavy atom. The third kappa shape index (κ3) is 4.05.